The fourth-order valence-electron chi connectivity index (χ4n) is 4.26. The van der Waals surface area contributed by atoms with E-state index in [0.717, 1.165) is 6.54 Å². The van der Waals surface area contributed by atoms with Crippen LogP contribution in [0.2, 0.25) is 0 Å². The molecule has 106 valence electrons. The van der Waals surface area contributed by atoms with Crippen molar-refractivity contribution in [3.8, 4) is 0 Å². The van der Waals surface area contributed by atoms with E-state index in [9.17, 15) is 0 Å². The first-order valence-electron chi connectivity index (χ1n) is 7.56. The molecule has 3 heteroatoms. The van der Waals surface area contributed by atoms with Gasteiger partial charge in [0.25, 0.3) is 0 Å². The number of likely N-dealkylation sites (N-methyl/N-ethyl adjacent to an activating group) is 1. The second-order valence-electron chi connectivity index (χ2n) is 6.37. The lowest BCUT2D eigenvalue weighted by molar-refractivity contribution is 0.234. The molecule has 1 aliphatic carbocycles. The Bertz CT molecular complexity index is 566. The van der Waals surface area contributed by atoms with Crippen LogP contribution in [0.15, 0.2) is 24.3 Å². The number of fused-ring (bicyclic) bond motifs is 2. The van der Waals surface area contributed by atoms with E-state index in [1.807, 2.05) is 11.8 Å². The number of nitrogens with zero attached hydrogens (tertiary/aromatic N) is 1. The van der Waals surface area contributed by atoms with Gasteiger partial charge in [-0.25, -0.2) is 0 Å². The standard InChI is InChI=1S/C17H22N2S/c1-19-9-11(10-20-2)6-14-13-4-3-5-15-17(13)12(8-18-15)7-16(14)19/h3-6,11-12,16,18H,7-10H2,1-2H3/t11?,12?,16-/m0/s1. The molecule has 3 atom stereocenters. The third-order valence-electron chi connectivity index (χ3n) is 5.08. The highest BCUT2D eigenvalue weighted by Gasteiger charge is 2.39. The van der Waals surface area contributed by atoms with Gasteiger partial charge < -0.3 is 5.32 Å². The summed E-state index contributed by atoms with van der Waals surface area (Å²) >= 11 is 1.96. The van der Waals surface area contributed by atoms with E-state index in [2.05, 4.69) is 47.8 Å². The lowest BCUT2D eigenvalue weighted by Crippen LogP contribution is -2.43. The van der Waals surface area contributed by atoms with Crippen molar-refractivity contribution in [3.63, 3.8) is 0 Å². The maximum atomic E-state index is 3.59. The van der Waals surface area contributed by atoms with Crippen molar-refractivity contribution in [2.45, 2.75) is 18.4 Å². The molecule has 2 heterocycles. The molecule has 0 saturated carbocycles. The average Bonchev–Trinajstić information content (AvgIpc) is 2.86. The smallest absolute Gasteiger partial charge is 0.0382 e. The van der Waals surface area contributed by atoms with E-state index in [1.54, 1.807) is 11.1 Å². The predicted molar refractivity (Wildman–Crippen MR) is 88.6 cm³/mol. The summed E-state index contributed by atoms with van der Waals surface area (Å²) < 4.78 is 0. The number of anilines is 1. The molecule has 3 aliphatic rings. The number of thioether (sulfide) groups is 1. The van der Waals surface area contributed by atoms with E-state index < -0.39 is 0 Å². The molecule has 4 rings (SSSR count). The monoisotopic (exact) mass is 286 g/mol. The Hall–Kier alpha value is -0.930. The molecule has 0 amide bonds. The highest BCUT2D eigenvalue weighted by Crippen LogP contribution is 2.48. The van der Waals surface area contributed by atoms with Crippen LogP contribution in [0.4, 0.5) is 5.69 Å². The molecule has 0 spiro atoms. The van der Waals surface area contributed by atoms with Gasteiger partial charge in [-0.2, -0.15) is 11.8 Å². The molecule has 2 unspecified atom stereocenters. The van der Waals surface area contributed by atoms with E-state index in [1.165, 1.54) is 30.0 Å². The first-order valence-corrected chi connectivity index (χ1v) is 8.95. The van der Waals surface area contributed by atoms with Crippen molar-refractivity contribution >= 4 is 23.0 Å². The zero-order chi connectivity index (χ0) is 13.7. The fourth-order valence-corrected chi connectivity index (χ4v) is 4.89. The fraction of sp³-hybridized carbons (Fsp3) is 0.529. The van der Waals surface area contributed by atoms with E-state index in [-0.39, 0.29) is 0 Å². The van der Waals surface area contributed by atoms with Crippen molar-refractivity contribution < 1.29 is 0 Å². The van der Waals surface area contributed by atoms with Crippen LogP contribution < -0.4 is 5.32 Å². The van der Waals surface area contributed by atoms with Crippen molar-refractivity contribution in [3.05, 3.63) is 35.4 Å². The summed E-state index contributed by atoms with van der Waals surface area (Å²) in [5.74, 6) is 2.64. The predicted octanol–water partition coefficient (Wildman–Crippen LogP) is 3.28. The molecule has 0 aromatic heterocycles. The summed E-state index contributed by atoms with van der Waals surface area (Å²) in [6.07, 6.45) is 6.07. The van der Waals surface area contributed by atoms with Gasteiger partial charge in [-0.3, -0.25) is 4.90 Å². The van der Waals surface area contributed by atoms with Gasteiger partial charge in [0.15, 0.2) is 0 Å². The molecular formula is C17H22N2S. The van der Waals surface area contributed by atoms with Crippen LogP contribution in [-0.4, -0.2) is 43.1 Å². The summed E-state index contributed by atoms with van der Waals surface area (Å²) in [6.45, 7) is 2.34. The van der Waals surface area contributed by atoms with E-state index in [4.69, 9.17) is 0 Å². The Morgan fingerprint density at radius 1 is 1.40 bits per heavy atom. The summed E-state index contributed by atoms with van der Waals surface area (Å²) in [7, 11) is 2.31. The summed E-state index contributed by atoms with van der Waals surface area (Å²) in [5, 5.41) is 3.59. The third-order valence-corrected chi connectivity index (χ3v) is 5.84. The second kappa shape index (κ2) is 4.81. The molecule has 0 fully saturated rings. The summed E-state index contributed by atoms with van der Waals surface area (Å²) in [4.78, 5) is 2.59. The minimum atomic E-state index is 0.626. The molecule has 20 heavy (non-hydrogen) atoms. The van der Waals surface area contributed by atoms with Gasteiger partial charge in [0.05, 0.1) is 0 Å². The molecule has 1 N–H and O–H groups in total. The SMILES string of the molecule is CSCC1C=C2c3cccc4c3C(CN4)C[C@@H]2N(C)C1. The molecule has 2 aliphatic heterocycles. The number of nitrogens with one attached hydrogen (secondary N) is 1. The van der Waals surface area contributed by atoms with Crippen molar-refractivity contribution in [1.29, 1.82) is 0 Å². The maximum Gasteiger partial charge on any atom is 0.0382 e. The second-order valence-corrected chi connectivity index (χ2v) is 7.28. The number of rotatable bonds is 2. The Balaban J connectivity index is 1.82. The van der Waals surface area contributed by atoms with Crippen LogP contribution >= 0.6 is 11.8 Å². The van der Waals surface area contributed by atoms with Gasteiger partial charge in [0, 0.05) is 36.5 Å². The quantitative estimate of drug-likeness (QED) is 0.898. The van der Waals surface area contributed by atoms with E-state index >= 15 is 0 Å². The van der Waals surface area contributed by atoms with E-state index in [0.29, 0.717) is 17.9 Å². The molecule has 2 nitrogen and oxygen atoms in total. The van der Waals surface area contributed by atoms with Crippen molar-refractivity contribution in [2.75, 3.05) is 37.5 Å². The molecule has 0 saturated heterocycles. The van der Waals surface area contributed by atoms with Gasteiger partial charge in [-0.1, -0.05) is 18.2 Å². The largest absolute Gasteiger partial charge is 0.384 e. The van der Waals surface area contributed by atoms with Crippen molar-refractivity contribution in [1.82, 2.24) is 4.90 Å². The van der Waals surface area contributed by atoms with Gasteiger partial charge in [-0.15, -0.1) is 0 Å². The molecule has 0 radical (unpaired) electrons. The zero-order valence-electron chi connectivity index (χ0n) is 12.2. The zero-order valence-corrected chi connectivity index (χ0v) is 13.0. The number of benzene rings is 1. The van der Waals surface area contributed by atoms with Crippen molar-refractivity contribution in [2.24, 2.45) is 5.92 Å². The normalized spacial score (nSPS) is 31.3. The Labute approximate surface area is 125 Å². The number of hydrogen-bond donors (Lipinski definition) is 1. The topological polar surface area (TPSA) is 15.3 Å². The number of hydrogen-bond acceptors (Lipinski definition) is 3. The first-order chi connectivity index (χ1) is 9.78. The lowest BCUT2D eigenvalue weighted by Gasteiger charge is -2.42. The average molecular weight is 286 g/mol. The minimum absolute atomic E-state index is 0.626. The Morgan fingerprint density at radius 3 is 3.15 bits per heavy atom. The molecular weight excluding hydrogens is 264 g/mol. The summed E-state index contributed by atoms with van der Waals surface area (Å²) in [5.41, 5.74) is 6.08. The van der Waals surface area contributed by atoms with Gasteiger partial charge in [0.1, 0.15) is 0 Å². The van der Waals surface area contributed by atoms with Crippen LogP contribution in [0.3, 0.4) is 0 Å². The van der Waals surface area contributed by atoms with Crippen LogP contribution in [-0.2, 0) is 0 Å². The highest BCUT2D eigenvalue weighted by molar-refractivity contribution is 7.98. The molecule has 0 bridgehead atoms. The van der Waals surface area contributed by atoms with Crippen LogP contribution in [0.25, 0.3) is 5.57 Å². The maximum absolute atomic E-state index is 3.59. The highest BCUT2D eigenvalue weighted by atomic mass is 32.2. The Morgan fingerprint density at radius 2 is 2.30 bits per heavy atom. The van der Waals surface area contributed by atoms with Gasteiger partial charge in [-0.05, 0) is 48.4 Å². The molecule has 1 aromatic rings. The summed E-state index contributed by atoms with van der Waals surface area (Å²) in [6, 6.07) is 7.42. The molecule has 1 aromatic carbocycles. The van der Waals surface area contributed by atoms with Crippen LogP contribution in [0.5, 0.6) is 0 Å². The lowest BCUT2D eigenvalue weighted by atomic mass is 9.75. The van der Waals surface area contributed by atoms with Crippen LogP contribution in [0.1, 0.15) is 23.5 Å². The Kier molecular flexibility index (Phi) is 3.08. The van der Waals surface area contributed by atoms with Gasteiger partial charge in [0.2, 0.25) is 0 Å². The van der Waals surface area contributed by atoms with Gasteiger partial charge >= 0.3 is 0 Å². The minimum Gasteiger partial charge on any atom is -0.384 e. The first kappa shape index (κ1) is 12.8. The third kappa shape index (κ3) is 1.83. The van der Waals surface area contributed by atoms with Crippen LogP contribution in [0, 0.1) is 5.92 Å².